The summed E-state index contributed by atoms with van der Waals surface area (Å²) in [6.45, 7) is 5.76. The molecule has 104 valence electrons. The second kappa shape index (κ2) is 6.58. The van der Waals surface area contributed by atoms with Crippen molar-refractivity contribution in [3.05, 3.63) is 45.7 Å². The molecule has 1 heterocycles. The van der Waals surface area contributed by atoms with E-state index in [9.17, 15) is 0 Å². The molecular formula is C15H17BrN4. The zero-order valence-electron chi connectivity index (χ0n) is 11.7. The fourth-order valence-corrected chi connectivity index (χ4v) is 2.48. The zero-order valence-corrected chi connectivity index (χ0v) is 13.2. The first-order valence-corrected chi connectivity index (χ1v) is 7.34. The molecule has 0 radical (unpaired) electrons. The van der Waals surface area contributed by atoms with Crippen molar-refractivity contribution in [2.45, 2.75) is 26.8 Å². The highest BCUT2D eigenvalue weighted by atomic mass is 79.9. The molecule has 2 aromatic rings. The lowest BCUT2D eigenvalue weighted by Crippen LogP contribution is -2.09. The number of hydrogen-bond acceptors (Lipinski definition) is 3. The van der Waals surface area contributed by atoms with Gasteiger partial charge < -0.3 is 5.32 Å². The fraction of sp³-hybridized carbons (Fsp3) is 0.333. The van der Waals surface area contributed by atoms with Gasteiger partial charge in [0.05, 0.1) is 16.9 Å². The lowest BCUT2D eigenvalue weighted by Gasteiger charge is -2.09. The third-order valence-corrected chi connectivity index (χ3v) is 3.56. The van der Waals surface area contributed by atoms with Crippen molar-refractivity contribution in [1.29, 1.82) is 5.26 Å². The molecule has 0 aliphatic heterocycles. The van der Waals surface area contributed by atoms with Crippen LogP contribution in [0.15, 0.2) is 28.7 Å². The van der Waals surface area contributed by atoms with E-state index in [0.717, 1.165) is 35.4 Å². The number of rotatable bonds is 5. The van der Waals surface area contributed by atoms with E-state index in [1.54, 1.807) is 0 Å². The molecule has 20 heavy (non-hydrogen) atoms. The van der Waals surface area contributed by atoms with Gasteiger partial charge >= 0.3 is 0 Å². The lowest BCUT2D eigenvalue weighted by molar-refractivity contribution is 0.574. The highest BCUT2D eigenvalue weighted by Gasteiger charge is 2.03. The predicted octanol–water partition coefficient (Wildman–Crippen LogP) is 3.64. The second-order valence-corrected chi connectivity index (χ2v) is 5.65. The summed E-state index contributed by atoms with van der Waals surface area (Å²) in [5.74, 6) is 0. The van der Waals surface area contributed by atoms with Crippen LogP contribution in [0.2, 0.25) is 0 Å². The van der Waals surface area contributed by atoms with E-state index in [2.05, 4.69) is 45.4 Å². The number of nitrogens with one attached hydrogen (secondary N) is 1. The molecule has 4 nitrogen and oxygen atoms in total. The third-order valence-electron chi connectivity index (χ3n) is 3.07. The molecule has 0 aliphatic rings. The van der Waals surface area contributed by atoms with Crippen molar-refractivity contribution in [2.24, 2.45) is 0 Å². The molecule has 5 heteroatoms. The van der Waals surface area contributed by atoms with E-state index in [1.807, 2.05) is 29.8 Å². The highest BCUT2D eigenvalue weighted by molar-refractivity contribution is 9.10. The Hall–Kier alpha value is -1.80. The van der Waals surface area contributed by atoms with Crippen molar-refractivity contribution >= 4 is 21.6 Å². The van der Waals surface area contributed by atoms with Crippen LogP contribution in [-0.2, 0) is 6.54 Å². The Bertz CT molecular complexity index is 640. The van der Waals surface area contributed by atoms with Gasteiger partial charge in [-0.3, -0.25) is 4.68 Å². The molecule has 2 rings (SSSR count). The van der Waals surface area contributed by atoms with Crippen LogP contribution in [0.4, 0.5) is 5.69 Å². The molecule has 0 aliphatic carbocycles. The number of aromatic nitrogens is 2. The van der Waals surface area contributed by atoms with Crippen LogP contribution in [0, 0.1) is 25.2 Å². The molecule has 0 unspecified atom stereocenters. The van der Waals surface area contributed by atoms with Crippen LogP contribution >= 0.6 is 15.9 Å². The molecule has 1 N–H and O–H groups in total. The molecule has 0 atom stereocenters. The molecular weight excluding hydrogens is 316 g/mol. The molecule has 0 spiro atoms. The number of anilines is 1. The maximum absolute atomic E-state index is 9.09. The van der Waals surface area contributed by atoms with Crippen molar-refractivity contribution in [2.75, 3.05) is 11.9 Å². The summed E-state index contributed by atoms with van der Waals surface area (Å²) in [4.78, 5) is 0. The van der Waals surface area contributed by atoms with E-state index in [4.69, 9.17) is 5.26 Å². The Morgan fingerprint density at radius 3 is 2.80 bits per heavy atom. The second-order valence-electron chi connectivity index (χ2n) is 4.73. The van der Waals surface area contributed by atoms with Crippen LogP contribution in [0.5, 0.6) is 0 Å². The Balaban J connectivity index is 1.88. The Kier molecular flexibility index (Phi) is 4.80. The number of nitrogens with zero attached hydrogens (tertiary/aromatic N) is 3. The van der Waals surface area contributed by atoms with Crippen molar-refractivity contribution < 1.29 is 0 Å². The smallest absolute Gasteiger partial charge is 0.101 e. The standard InChI is InChI=1S/C15H17BrN4/c1-11-8-12(2)20(19-11)7-3-6-18-15-5-4-14(16)9-13(15)10-17/h4-5,8-9,18H,3,6-7H2,1-2H3. The molecule has 0 fully saturated rings. The SMILES string of the molecule is Cc1cc(C)n(CCCNc2ccc(Br)cc2C#N)n1. The molecule has 0 saturated carbocycles. The molecule has 0 amide bonds. The largest absolute Gasteiger partial charge is 0.384 e. The first-order valence-electron chi connectivity index (χ1n) is 6.54. The van der Waals surface area contributed by atoms with Gasteiger partial charge in [0.15, 0.2) is 0 Å². The fourth-order valence-electron chi connectivity index (χ4n) is 2.12. The summed E-state index contributed by atoms with van der Waals surface area (Å²) < 4.78 is 2.94. The average Bonchev–Trinajstić information content (AvgIpc) is 2.74. The van der Waals surface area contributed by atoms with Gasteiger partial charge in [-0.05, 0) is 44.5 Å². The molecule has 0 bridgehead atoms. The zero-order chi connectivity index (χ0) is 14.5. The van der Waals surface area contributed by atoms with E-state index >= 15 is 0 Å². The van der Waals surface area contributed by atoms with Crippen molar-refractivity contribution in [1.82, 2.24) is 9.78 Å². The summed E-state index contributed by atoms with van der Waals surface area (Å²) in [5, 5.41) is 16.8. The summed E-state index contributed by atoms with van der Waals surface area (Å²) in [6, 6.07) is 9.96. The van der Waals surface area contributed by atoms with E-state index in [1.165, 1.54) is 5.69 Å². The van der Waals surface area contributed by atoms with E-state index in [0.29, 0.717) is 5.56 Å². The van der Waals surface area contributed by atoms with Crippen LogP contribution in [0.3, 0.4) is 0 Å². The van der Waals surface area contributed by atoms with E-state index < -0.39 is 0 Å². The van der Waals surface area contributed by atoms with Gasteiger partial charge in [-0.25, -0.2) is 0 Å². The van der Waals surface area contributed by atoms with Crippen molar-refractivity contribution in [3.63, 3.8) is 0 Å². The van der Waals surface area contributed by atoms with Crippen molar-refractivity contribution in [3.8, 4) is 6.07 Å². The molecule has 1 aromatic heterocycles. The normalized spacial score (nSPS) is 10.3. The average molecular weight is 333 g/mol. The molecule has 0 saturated heterocycles. The number of nitriles is 1. The minimum atomic E-state index is 0.658. The van der Waals surface area contributed by atoms with Gasteiger partial charge in [0.25, 0.3) is 0 Å². The summed E-state index contributed by atoms with van der Waals surface area (Å²) in [7, 11) is 0. The number of benzene rings is 1. The van der Waals surface area contributed by atoms with Gasteiger partial charge in [-0.2, -0.15) is 10.4 Å². The monoisotopic (exact) mass is 332 g/mol. The molecule has 1 aromatic carbocycles. The quantitative estimate of drug-likeness (QED) is 0.850. The van der Waals surface area contributed by atoms with Crippen LogP contribution in [0.25, 0.3) is 0 Å². The minimum Gasteiger partial charge on any atom is -0.384 e. The number of hydrogen-bond donors (Lipinski definition) is 1. The first kappa shape index (κ1) is 14.6. The Morgan fingerprint density at radius 1 is 1.35 bits per heavy atom. The summed E-state index contributed by atoms with van der Waals surface area (Å²) in [6.07, 6.45) is 0.961. The third kappa shape index (κ3) is 3.61. The Labute approximate surface area is 127 Å². The number of aryl methyl sites for hydroxylation is 3. The summed E-state index contributed by atoms with van der Waals surface area (Å²) >= 11 is 3.37. The topological polar surface area (TPSA) is 53.6 Å². The first-order chi connectivity index (χ1) is 9.60. The highest BCUT2D eigenvalue weighted by Crippen LogP contribution is 2.20. The van der Waals surface area contributed by atoms with Gasteiger partial charge in [-0.1, -0.05) is 15.9 Å². The van der Waals surface area contributed by atoms with Gasteiger partial charge in [0, 0.05) is 23.3 Å². The van der Waals surface area contributed by atoms with Gasteiger partial charge in [0.1, 0.15) is 6.07 Å². The lowest BCUT2D eigenvalue weighted by atomic mass is 10.2. The van der Waals surface area contributed by atoms with Crippen LogP contribution in [-0.4, -0.2) is 16.3 Å². The van der Waals surface area contributed by atoms with Gasteiger partial charge in [-0.15, -0.1) is 0 Å². The van der Waals surface area contributed by atoms with Crippen LogP contribution in [0.1, 0.15) is 23.4 Å². The van der Waals surface area contributed by atoms with E-state index in [-0.39, 0.29) is 0 Å². The van der Waals surface area contributed by atoms with Gasteiger partial charge in [0.2, 0.25) is 0 Å². The van der Waals surface area contributed by atoms with Crippen LogP contribution < -0.4 is 5.32 Å². The minimum absolute atomic E-state index is 0.658. The maximum Gasteiger partial charge on any atom is 0.101 e. The number of halogens is 1. The maximum atomic E-state index is 9.09. The Morgan fingerprint density at radius 2 is 2.15 bits per heavy atom. The predicted molar refractivity (Wildman–Crippen MR) is 83.7 cm³/mol. The summed E-state index contributed by atoms with van der Waals surface area (Å²) in [5.41, 5.74) is 3.77.